The molecule has 0 aromatic rings. The molecule has 0 N–H and O–H groups in total. The van der Waals surface area contributed by atoms with Gasteiger partial charge in [0.15, 0.2) is 0 Å². The number of rotatable bonds is 3. The number of hydrogen-bond acceptors (Lipinski definition) is 0. The van der Waals surface area contributed by atoms with Gasteiger partial charge in [-0.2, -0.15) is 0 Å². The van der Waals surface area contributed by atoms with E-state index in [9.17, 15) is 0 Å². The summed E-state index contributed by atoms with van der Waals surface area (Å²) >= 11 is 0. The zero-order valence-corrected chi connectivity index (χ0v) is 12.4. The van der Waals surface area contributed by atoms with Crippen LogP contribution < -0.4 is 0 Å². The van der Waals surface area contributed by atoms with Crippen LogP contribution >= 0.6 is 0 Å². The van der Waals surface area contributed by atoms with Gasteiger partial charge in [0.05, 0.1) is 0 Å². The zero-order valence-electron chi connectivity index (χ0n) is 12.4. The summed E-state index contributed by atoms with van der Waals surface area (Å²) in [5.74, 6) is 1.95. The second kappa shape index (κ2) is 5.10. The van der Waals surface area contributed by atoms with Crippen molar-refractivity contribution in [2.75, 3.05) is 0 Å². The van der Waals surface area contributed by atoms with Gasteiger partial charge in [-0.25, -0.2) is 0 Å². The molecule has 0 bridgehead atoms. The van der Waals surface area contributed by atoms with Crippen molar-refractivity contribution in [2.45, 2.75) is 80.1 Å². The summed E-state index contributed by atoms with van der Waals surface area (Å²) in [6, 6.07) is 0. The van der Waals surface area contributed by atoms with Crippen molar-refractivity contribution in [1.82, 2.24) is 0 Å². The van der Waals surface area contributed by atoms with Gasteiger partial charge in [-0.05, 0) is 48.3 Å². The van der Waals surface area contributed by atoms with Crippen molar-refractivity contribution in [3.63, 3.8) is 0 Å². The molecule has 0 nitrogen and oxygen atoms in total. The highest BCUT2D eigenvalue weighted by atomic mass is 14.4. The average molecular weight is 224 g/mol. The van der Waals surface area contributed by atoms with Gasteiger partial charge >= 0.3 is 0 Å². The van der Waals surface area contributed by atoms with E-state index in [1.165, 1.54) is 38.5 Å². The Kier molecular flexibility index (Phi) is 4.49. The SMILES string of the molecule is CCC(C)(CC)C1CCC(C(C)(C)C)CC1. The smallest absolute Gasteiger partial charge is 0.0303 e. The van der Waals surface area contributed by atoms with E-state index in [0.717, 1.165) is 11.8 Å². The lowest BCUT2D eigenvalue weighted by Gasteiger charge is -2.44. The van der Waals surface area contributed by atoms with Crippen LogP contribution in [0.15, 0.2) is 0 Å². The fourth-order valence-electron chi connectivity index (χ4n) is 3.48. The molecule has 96 valence electrons. The Morgan fingerprint density at radius 1 is 0.750 bits per heavy atom. The van der Waals surface area contributed by atoms with Crippen molar-refractivity contribution >= 4 is 0 Å². The molecule has 1 fully saturated rings. The molecule has 0 saturated heterocycles. The Labute approximate surface area is 103 Å². The minimum Gasteiger partial charge on any atom is -0.0649 e. The second-order valence-electron chi connectivity index (χ2n) is 7.28. The fraction of sp³-hybridized carbons (Fsp3) is 1.00. The van der Waals surface area contributed by atoms with Crippen LogP contribution in [-0.4, -0.2) is 0 Å². The van der Waals surface area contributed by atoms with Crippen LogP contribution in [0.4, 0.5) is 0 Å². The summed E-state index contributed by atoms with van der Waals surface area (Å²) in [6.07, 6.45) is 8.58. The van der Waals surface area contributed by atoms with Crippen molar-refractivity contribution in [3.05, 3.63) is 0 Å². The summed E-state index contributed by atoms with van der Waals surface area (Å²) in [7, 11) is 0. The summed E-state index contributed by atoms with van der Waals surface area (Å²) < 4.78 is 0. The molecule has 0 heterocycles. The van der Waals surface area contributed by atoms with Crippen molar-refractivity contribution in [2.24, 2.45) is 22.7 Å². The topological polar surface area (TPSA) is 0 Å². The molecule has 1 aliphatic rings. The normalized spacial score (nSPS) is 28.1. The van der Waals surface area contributed by atoms with Crippen LogP contribution in [0.25, 0.3) is 0 Å². The standard InChI is InChI=1S/C16H32/c1-7-16(6,8-2)14-11-9-13(10-12-14)15(3,4)5/h13-14H,7-12H2,1-6H3. The van der Waals surface area contributed by atoms with E-state index in [2.05, 4.69) is 41.5 Å². The Morgan fingerprint density at radius 2 is 1.12 bits per heavy atom. The minimum atomic E-state index is 0.528. The van der Waals surface area contributed by atoms with E-state index in [1.54, 1.807) is 0 Å². The molecular weight excluding hydrogens is 192 g/mol. The Hall–Kier alpha value is 0. The van der Waals surface area contributed by atoms with E-state index in [1.807, 2.05) is 0 Å². The molecule has 0 aliphatic heterocycles. The molecule has 16 heavy (non-hydrogen) atoms. The van der Waals surface area contributed by atoms with E-state index in [4.69, 9.17) is 0 Å². The highest BCUT2D eigenvalue weighted by Gasteiger charge is 2.36. The molecule has 1 aliphatic carbocycles. The third kappa shape index (κ3) is 3.02. The molecule has 0 radical (unpaired) electrons. The van der Waals surface area contributed by atoms with Crippen molar-refractivity contribution in [3.8, 4) is 0 Å². The Bertz CT molecular complexity index is 197. The molecule has 1 saturated carbocycles. The average Bonchev–Trinajstić information content (AvgIpc) is 2.27. The lowest BCUT2D eigenvalue weighted by atomic mass is 9.62. The zero-order chi connectivity index (χ0) is 12.4. The van der Waals surface area contributed by atoms with Crippen LogP contribution in [0.3, 0.4) is 0 Å². The summed E-state index contributed by atoms with van der Waals surface area (Å²) in [6.45, 7) is 14.5. The third-order valence-electron chi connectivity index (χ3n) is 5.55. The van der Waals surface area contributed by atoms with Gasteiger partial charge in [0, 0.05) is 0 Å². The molecule has 0 spiro atoms. The highest BCUT2D eigenvalue weighted by molar-refractivity contribution is 4.87. The Balaban J connectivity index is 2.55. The first-order valence-corrected chi connectivity index (χ1v) is 7.33. The summed E-state index contributed by atoms with van der Waals surface area (Å²) in [5.41, 5.74) is 1.14. The summed E-state index contributed by atoms with van der Waals surface area (Å²) in [4.78, 5) is 0. The monoisotopic (exact) mass is 224 g/mol. The largest absolute Gasteiger partial charge is 0.0649 e. The lowest BCUT2D eigenvalue weighted by Crippen LogP contribution is -2.33. The van der Waals surface area contributed by atoms with E-state index < -0.39 is 0 Å². The van der Waals surface area contributed by atoms with Gasteiger partial charge in [0.2, 0.25) is 0 Å². The molecule has 0 aromatic carbocycles. The maximum atomic E-state index is 2.51. The van der Waals surface area contributed by atoms with Gasteiger partial charge < -0.3 is 0 Å². The molecule has 0 unspecified atom stereocenters. The van der Waals surface area contributed by atoms with Crippen LogP contribution in [0.2, 0.25) is 0 Å². The van der Waals surface area contributed by atoms with Crippen LogP contribution in [0.1, 0.15) is 80.1 Å². The third-order valence-corrected chi connectivity index (χ3v) is 5.55. The van der Waals surface area contributed by atoms with Gasteiger partial charge in [-0.3, -0.25) is 0 Å². The summed E-state index contributed by atoms with van der Waals surface area (Å²) in [5, 5.41) is 0. The van der Waals surface area contributed by atoms with Crippen molar-refractivity contribution in [1.29, 1.82) is 0 Å². The van der Waals surface area contributed by atoms with E-state index in [-0.39, 0.29) is 0 Å². The molecule has 0 amide bonds. The minimum absolute atomic E-state index is 0.528. The van der Waals surface area contributed by atoms with Crippen LogP contribution in [0.5, 0.6) is 0 Å². The first-order chi connectivity index (χ1) is 7.33. The van der Waals surface area contributed by atoms with Gasteiger partial charge in [-0.1, -0.05) is 54.4 Å². The van der Waals surface area contributed by atoms with Crippen LogP contribution in [-0.2, 0) is 0 Å². The molecule has 0 aromatic heterocycles. The van der Waals surface area contributed by atoms with Gasteiger partial charge in [-0.15, -0.1) is 0 Å². The van der Waals surface area contributed by atoms with E-state index >= 15 is 0 Å². The second-order valence-corrected chi connectivity index (χ2v) is 7.28. The van der Waals surface area contributed by atoms with Crippen LogP contribution in [0, 0.1) is 22.7 Å². The predicted molar refractivity (Wildman–Crippen MR) is 73.6 cm³/mol. The van der Waals surface area contributed by atoms with Gasteiger partial charge in [0.25, 0.3) is 0 Å². The highest BCUT2D eigenvalue weighted by Crippen LogP contribution is 2.47. The first kappa shape index (κ1) is 14.1. The van der Waals surface area contributed by atoms with Crippen molar-refractivity contribution < 1.29 is 0 Å². The van der Waals surface area contributed by atoms with E-state index in [0.29, 0.717) is 10.8 Å². The predicted octanol–water partition coefficient (Wildman–Crippen LogP) is 5.67. The quantitative estimate of drug-likeness (QED) is 0.580. The fourth-order valence-corrected chi connectivity index (χ4v) is 3.48. The molecule has 0 heteroatoms. The molecular formula is C16H32. The van der Waals surface area contributed by atoms with Gasteiger partial charge in [0.1, 0.15) is 0 Å². The molecule has 0 atom stereocenters. The Morgan fingerprint density at radius 3 is 1.44 bits per heavy atom. The first-order valence-electron chi connectivity index (χ1n) is 7.33. The number of hydrogen-bond donors (Lipinski definition) is 0. The maximum Gasteiger partial charge on any atom is -0.0303 e. The molecule has 1 rings (SSSR count). The lowest BCUT2D eigenvalue weighted by molar-refractivity contribution is 0.0709. The maximum absolute atomic E-state index is 2.51.